The summed E-state index contributed by atoms with van der Waals surface area (Å²) in [5, 5.41) is 0. The molecule has 0 bridgehead atoms. The molecule has 0 aliphatic carbocycles. The molecule has 1 atom stereocenters. The first-order valence-corrected chi connectivity index (χ1v) is 5.71. The number of amides is 1. The molecule has 0 heterocycles. The second-order valence-corrected chi connectivity index (χ2v) is 4.44. The molecule has 0 aliphatic rings. The highest BCUT2D eigenvalue weighted by atomic mass is 32.1. The molecule has 1 aromatic rings. The number of carbonyl (C=O) groups is 1. The van der Waals surface area contributed by atoms with Gasteiger partial charge in [-0.25, -0.2) is 4.39 Å². The lowest BCUT2D eigenvalue weighted by molar-refractivity contribution is -0.135. The van der Waals surface area contributed by atoms with Gasteiger partial charge in [0.05, 0.1) is 0 Å². The summed E-state index contributed by atoms with van der Waals surface area (Å²) < 4.78 is 18.9. The van der Waals surface area contributed by atoms with Crippen LogP contribution < -0.4 is 10.5 Å². The molecule has 98 valence electrons. The number of carbonyl (C=O) groups excluding carboxylic acids is 1. The van der Waals surface area contributed by atoms with Gasteiger partial charge in [-0.05, 0) is 19.1 Å². The third kappa shape index (κ3) is 3.40. The first kappa shape index (κ1) is 14.4. The van der Waals surface area contributed by atoms with Crippen molar-refractivity contribution in [2.45, 2.75) is 13.0 Å². The molecule has 1 rings (SSSR count). The summed E-state index contributed by atoms with van der Waals surface area (Å²) in [6, 6.07) is 4.12. The van der Waals surface area contributed by atoms with E-state index in [2.05, 4.69) is 0 Å². The van der Waals surface area contributed by atoms with Crippen LogP contribution in [-0.4, -0.2) is 36.0 Å². The molecule has 0 radical (unpaired) electrons. The van der Waals surface area contributed by atoms with Crippen LogP contribution >= 0.6 is 12.2 Å². The van der Waals surface area contributed by atoms with E-state index in [9.17, 15) is 9.18 Å². The minimum Gasteiger partial charge on any atom is -0.481 e. The van der Waals surface area contributed by atoms with Crippen LogP contribution in [0.25, 0.3) is 0 Å². The summed E-state index contributed by atoms with van der Waals surface area (Å²) in [4.78, 5) is 13.0. The van der Waals surface area contributed by atoms with E-state index >= 15 is 0 Å². The highest BCUT2D eigenvalue weighted by molar-refractivity contribution is 7.80. The van der Waals surface area contributed by atoms with Crippen LogP contribution in [0.4, 0.5) is 4.39 Å². The molecule has 1 unspecified atom stereocenters. The van der Waals surface area contributed by atoms with Gasteiger partial charge in [0, 0.05) is 25.7 Å². The molecule has 0 fully saturated rings. The fraction of sp³-hybridized carbons (Fsp3) is 0.333. The van der Waals surface area contributed by atoms with Gasteiger partial charge in [0.1, 0.15) is 16.6 Å². The van der Waals surface area contributed by atoms with Crippen LogP contribution in [0.3, 0.4) is 0 Å². The van der Waals surface area contributed by atoms with Crippen molar-refractivity contribution in [2.24, 2.45) is 5.73 Å². The third-order valence-corrected chi connectivity index (χ3v) is 2.53. The second-order valence-electron chi connectivity index (χ2n) is 4.00. The molecule has 18 heavy (non-hydrogen) atoms. The first-order chi connectivity index (χ1) is 8.32. The Kier molecular flexibility index (Phi) is 4.61. The number of thiocarbonyl (C=S) groups is 1. The molecule has 0 spiro atoms. The van der Waals surface area contributed by atoms with Gasteiger partial charge in [-0.2, -0.15) is 0 Å². The minimum absolute atomic E-state index is 0.0172. The van der Waals surface area contributed by atoms with Crippen LogP contribution in [0.5, 0.6) is 5.75 Å². The summed E-state index contributed by atoms with van der Waals surface area (Å²) in [5.41, 5.74) is 5.50. The lowest BCUT2D eigenvalue weighted by Gasteiger charge is -2.18. The van der Waals surface area contributed by atoms with Gasteiger partial charge in [-0.1, -0.05) is 12.2 Å². The largest absolute Gasteiger partial charge is 0.481 e. The van der Waals surface area contributed by atoms with E-state index in [1.165, 1.54) is 17.0 Å². The van der Waals surface area contributed by atoms with E-state index in [4.69, 9.17) is 22.7 Å². The Morgan fingerprint density at radius 1 is 1.50 bits per heavy atom. The summed E-state index contributed by atoms with van der Waals surface area (Å²) in [7, 11) is 3.25. The Morgan fingerprint density at radius 2 is 2.11 bits per heavy atom. The maximum absolute atomic E-state index is 13.6. The SMILES string of the molecule is CC(Oc1ccc(C(N)=S)c(F)c1)C(=O)N(C)C. The normalized spacial score (nSPS) is 11.8. The fourth-order valence-electron chi connectivity index (χ4n) is 1.39. The molecule has 2 N–H and O–H groups in total. The second kappa shape index (κ2) is 5.77. The van der Waals surface area contributed by atoms with E-state index < -0.39 is 11.9 Å². The van der Waals surface area contributed by atoms with Crippen molar-refractivity contribution in [2.75, 3.05) is 14.1 Å². The van der Waals surface area contributed by atoms with E-state index in [-0.39, 0.29) is 22.2 Å². The van der Waals surface area contributed by atoms with Crippen molar-refractivity contribution < 1.29 is 13.9 Å². The molecule has 0 aromatic heterocycles. The number of nitrogens with two attached hydrogens (primary N) is 1. The van der Waals surface area contributed by atoms with Crippen LogP contribution in [0.2, 0.25) is 0 Å². The van der Waals surface area contributed by atoms with Crippen LogP contribution in [0.15, 0.2) is 18.2 Å². The summed E-state index contributed by atoms with van der Waals surface area (Å²) in [6.45, 7) is 1.60. The minimum atomic E-state index is -0.685. The van der Waals surface area contributed by atoms with Crippen molar-refractivity contribution in [1.29, 1.82) is 0 Å². The number of hydrogen-bond donors (Lipinski definition) is 1. The Labute approximate surface area is 111 Å². The van der Waals surface area contributed by atoms with Gasteiger partial charge in [0.2, 0.25) is 0 Å². The first-order valence-electron chi connectivity index (χ1n) is 5.30. The Hall–Kier alpha value is -1.69. The summed E-state index contributed by atoms with van der Waals surface area (Å²) in [6.07, 6.45) is -0.685. The Morgan fingerprint density at radius 3 is 2.56 bits per heavy atom. The molecular weight excluding hydrogens is 255 g/mol. The predicted molar refractivity (Wildman–Crippen MR) is 71.1 cm³/mol. The fourth-order valence-corrected chi connectivity index (χ4v) is 1.55. The molecule has 6 heteroatoms. The van der Waals surface area contributed by atoms with Gasteiger partial charge in [-0.3, -0.25) is 4.79 Å². The molecule has 1 aromatic carbocycles. The third-order valence-electron chi connectivity index (χ3n) is 2.31. The smallest absolute Gasteiger partial charge is 0.262 e. The zero-order valence-corrected chi connectivity index (χ0v) is 11.3. The lowest BCUT2D eigenvalue weighted by atomic mass is 10.2. The van der Waals surface area contributed by atoms with Gasteiger partial charge in [-0.15, -0.1) is 0 Å². The van der Waals surface area contributed by atoms with Crippen LogP contribution in [-0.2, 0) is 4.79 Å². The van der Waals surface area contributed by atoms with Crippen molar-refractivity contribution in [1.82, 2.24) is 4.90 Å². The molecule has 0 saturated carbocycles. The quantitative estimate of drug-likeness (QED) is 0.838. The van der Waals surface area contributed by atoms with E-state index in [0.29, 0.717) is 0 Å². The molecule has 1 amide bonds. The van der Waals surface area contributed by atoms with E-state index in [1.807, 2.05) is 0 Å². The van der Waals surface area contributed by atoms with Crippen LogP contribution in [0.1, 0.15) is 12.5 Å². The number of halogens is 1. The molecule has 0 aliphatic heterocycles. The average Bonchev–Trinajstić information content (AvgIpc) is 2.27. The van der Waals surface area contributed by atoms with Gasteiger partial charge >= 0.3 is 0 Å². The zero-order valence-electron chi connectivity index (χ0n) is 10.4. The molecule has 4 nitrogen and oxygen atoms in total. The highest BCUT2D eigenvalue weighted by Crippen LogP contribution is 2.18. The summed E-state index contributed by atoms with van der Waals surface area (Å²) >= 11 is 4.69. The monoisotopic (exact) mass is 270 g/mol. The van der Waals surface area contributed by atoms with Gasteiger partial charge < -0.3 is 15.4 Å². The number of likely N-dealkylation sites (N-methyl/N-ethyl adjacent to an activating group) is 1. The van der Waals surface area contributed by atoms with E-state index in [0.717, 1.165) is 6.07 Å². The maximum Gasteiger partial charge on any atom is 0.262 e. The Bertz CT molecular complexity index is 477. The number of ether oxygens (including phenoxy) is 1. The van der Waals surface area contributed by atoms with Gasteiger partial charge in [0.25, 0.3) is 5.91 Å². The number of nitrogens with zero attached hydrogens (tertiary/aromatic N) is 1. The number of rotatable bonds is 4. The number of benzene rings is 1. The average molecular weight is 270 g/mol. The predicted octanol–water partition coefficient (Wildman–Crippen LogP) is 1.32. The lowest BCUT2D eigenvalue weighted by Crippen LogP contribution is -2.35. The van der Waals surface area contributed by atoms with Crippen molar-refractivity contribution >= 4 is 23.1 Å². The molecular formula is C12H15FN2O2S. The van der Waals surface area contributed by atoms with Crippen molar-refractivity contribution in [3.05, 3.63) is 29.6 Å². The van der Waals surface area contributed by atoms with Crippen molar-refractivity contribution in [3.63, 3.8) is 0 Å². The topological polar surface area (TPSA) is 55.6 Å². The number of hydrogen-bond acceptors (Lipinski definition) is 3. The van der Waals surface area contributed by atoms with Crippen molar-refractivity contribution in [3.8, 4) is 5.75 Å². The maximum atomic E-state index is 13.6. The summed E-state index contributed by atoms with van der Waals surface area (Å²) in [5.74, 6) is -0.506. The Balaban J connectivity index is 2.84. The van der Waals surface area contributed by atoms with Crippen LogP contribution in [0, 0.1) is 5.82 Å². The standard InChI is InChI=1S/C12H15FN2O2S/c1-7(12(16)15(2)3)17-8-4-5-9(11(14)18)10(13)6-8/h4-7H,1-3H3,(H2,14,18). The molecule has 0 saturated heterocycles. The van der Waals surface area contributed by atoms with E-state index in [1.54, 1.807) is 21.0 Å². The highest BCUT2D eigenvalue weighted by Gasteiger charge is 2.17. The van der Waals surface area contributed by atoms with Gasteiger partial charge in [0.15, 0.2) is 6.10 Å². The zero-order chi connectivity index (χ0) is 13.9.